The molecule has 9 aromatic rings. The second kappa shape index (κ2) is 11.8. The van der Waals surface area contributed by atoms with Crippen LogP contribution in [0.5, 0.6) is 11.5 Å². The van der Waals surface area contributed by atoms with Gasteiger partial charge < -0.3 is 19.1 Å². The van der Waals surface area contributed by atoms with E-state index >= 15 is 0 Å². The van der Waals surface area contributed by atoms with E-state index in [1.165, 1.54) is 49.5 Å². The highest BCUT2D eigenvalue weighted by Gasteiger charge is 2.30. The molecule has 0 saturated carbocycles. The van der Waals surface area contributed by atoms with Crippen LogP contribution in [-0.2, 0) is 12.5 Å². The van der Waals surface area contributed by atoms with Crippen LogP contribution in [0.2, 0.25) is 0 Å². The molecule has 0 radical (unpaired) electrons. The van der Waals surface area contributed by atoms with Gasteiger partial charge >= 0.3 is 0 Å². The monoisotopic (exact) mass is 689 g/mol. The fourth-order valence-electron chi connectivity index (χ4n) is 8.08. The maximum absolute atomic E-state index is 6.70. The third-order valence-electron chi connectivity index (χ3n) is 10.8. The Morgan fingerprint density at radius 1 is 0.528 bits per heavy atom. The lowest BCUT2D eigenvalue weighted by atomic mass is 9.88. The van der Waals surface area contributed by atoms with Crippen molar-refractivity contribution in [1.29, 1.82) is 0 Å². The molecule has 53 heavy (non-hydrogen) atoms. The molecule has 258 valence electrons. The molecule has 1 aliphatic rings. The molecular formula is C47H39N5O. The third kappa shape index (κ3) is 5.05. The van der Waals surface area contributed by atoms with E-state index < -0.39 is 0 Å². The maximum atomic E-state index is 6.70. The van der Waals surface area contributed by atoms with Gasteiger partial charge in [-0.1, -0.05) is 81.4 Å². The van der Waals surface area contributed by atoms with Crippen molar-refractivity contribution in [2.75, 3.05) is 16.5 Å². The first kappa shape index (κ1) is 31.2. The van der Waals surface area contributed by atoms with Gasteiger partial charge in [-0.2, -0.15) is 0 Å². The standard InChI is InChI=1S/C47H39N5O/c1-47(2,3)31-23-24-48-46(25-31)52-41-20-11-9-17-36(41)38-22-21-35(27-43(38)52)53-34-16-12-15-33(26-34)51-30-50(32-13-6-5-7-14-32)44-28-39-37-18-8-10-19-40(37)49(4)42(39)29-45(44)51/h5-29H,30H2,1-4H3. The predicted octanol–water partition coefficient (Wildman–Crippen LogP) is 12.2. The summed E-state index contributed by atoms with van der Waals surface area (Å²) in [7, 11) is 2.16. The van der Waals surface area contributed by atoms with E-state index in [4.69, 9.17) is 9.72 Å². The summed E-state index contributed by atoms with van der Waals surface area (Å²) < 4.78 is 11.3. The van der Waals surface area contributed by atoms with Gasteiger partial charge in [0, 0.05) is 63.8 Å². The van der Waals surface area contributed by atoms with Gasteiger partial charge in [0.1, 0.15) is 24.0 Å². The number of nitrogens with zero attached hydrogens (tertiary/aromatic N) is 5. The van der Waals surface area contributed by atoms with E-state index in [2.05, 4.69) is 186 Å². The van der Waals surface area contributed by atoms with E-state index in [9.17, 15) is 0 Å². The van der Waals surface area contributed by atoms with Crippen molar-refractivity contribution in [2.45, 2.75) is 26.2 Å². The number of ether oxygens (including phenoxy) is 1. The van der Waals surface area contributed by atoms with Crippen molar-refractivity contribution in [2.24, 2.45) is 7.05 Å². The van der Waals surface area contributed by atoms with Crippen LogP contribution < -0.4 is 14.5 Å². The summed E-state index contributed by atoms with van der Waals surface area (Å²) >= 11 is 0. The zero-order valence-electron chi connectivity index (χ0n) is 30.3. The van der Waals surface area contributed by atoms with Gasteiger partial charge in [0.05, 0.1) is 27.9 Å². The van der Waals surface area contributed by atoms with Crippen molar-refractivity contribution >= 4 is 66.4 Å². The first-order valence-corrected chi connectivity index (χ1v) is 18.2. The topological polar surface area (TPSA) is 38.5 Å². The first-order valence-electron chi connectivity index (χ1n) is 18.2. The molecule has 0 N–H and O–H groups in total. The molecule has 0 saturated heterocycles. The summed E-state index contributed by atoms with van der Waals surface area (Å²) in [5, 5.41) is 4.88. The molecule has 6 aromatic carbocycles. The molecule has 0 fully saturated rings. The van der Waals surface area contributed by atoms with Gasteiger partial charge in [-0.15, -0.1) is 0 Å². The highest BCUT2D eigenvalue weighted by atomic mass is 16.5. The predicted molar refractivity (Wildman–Crippen MR) is 220 cm³/mol. The van der Waals surface area contributed by atoms with Crippen molar-refractivity contribution in [1.82, 2.24) is 14.1 Å². The number of para-hydroxylation sites is 3. The van der Waals surface area contributed by atoms with Gasteiger partial charge in [-0.3, -0.25) is 4.57 Å². The Labute approximate surface area is 308 Å². The smallest absolute Gasteiger partial charge is 0.137 e. The molecule has 10 rings (SSSR count). The summed E-state index contributed by atoms with van der Waals surface area (Å²) in [6.45, 7) is 7.40. The first-order chi connectivity index (χ1) is 25.8. The minimum atomic E-state index is 0.00465. The van der Waals surface area contributed by atoms with Crippen LogP contribution in [0.4, 0.5) is 22.7 Å². The Morgan fingerprint density at radius 2 is 1.19 bits per heavy atom. The largest absolute Gasteiger partial charge is 0.457 e. The number of hydrogen-bond donors (Lipinski definition) is 0. The van der Waals surface area contributed by atoms with Crippen LogP contribution in [0.25, 0.3) is 49.4 Å². The van der Waals surface area contributed by atoms with E-state index in [1.54, 1.807) is 0 Å². The quantitative estimate of drug-likeness (QED) is 0.180. The van der Waals surface area contributed by atoms with E-state index in [-0.39, 0.29) is 5.41 Å². The van der Waals surface area contributed by atoms with Crippen LogP contribution in [0.15, 0.2) is 152 Å². The minimum absolute atomic E-state index is 0.00465. The van der Waals surface area contributed by atoms with E-state index in [0.29, 0.717) is 6.67 Å². The lowest BCUT2D eigenvalue weighted by Crippen LogP contribution is -2.23. The van der Waals surface area contributed by atoms with Crippen molar-refractivity contribution in [3.8, 4) is 17.3 Å². The maximum Gasteiger partial charge on any atom is 0.137 e. The van der Waals surface area contributed by atoms with Gasteiger partial charge in [-0.05, 0) is 83.8 Å². The molecule has 0 bridgehead atoms. The molecule has 6 heteroatoms. The molecule has 6 nitrogen and oxygen atoms in total. The zero-order chi connectivity index (χ0) is 35.8. The SMILES string of the molecule is Cn1c2ccccc2c2cc3c(cc21)N(c1cccc(Oc2ccc4c5ccccc5n(-c5cc(C(C)(C)C)ccn5)c4c2)c1)CN3c1ccccc1. The molecular weight excluding hydrogens is 651 g/mol. The number of rotatable bonds is 5. The molecule has 0 unspecified atom stereocenters. The average Bonchev–Trinajstić information content (AvgIpc) is 3.81. The Kier molecular flexibility index (Phi) is 6.92. The summed E-state index contributed by atoms with van der Waals surface area (Å²) in [5.74, 6) is 2.46. The number of benzene rings is 6. The van der Waals surface area contributed by atoms with Crippen molar-refractivity contribution in [3.05, 3.63) is 157 Å². The van der Waals surface area contributed by atoms with Gasteiger partial charge in [-0.25, -0.2) is 4.98 Å². The number of pyridine rings is 1. The lowest BCUT2D eigenvalue weighted by Gasteiger charge is -2.22. The van der Waals surface area contributed by atoms with Gasteiger partial charge in [0.15, 0.2) is 0 Å². The summed E-state index contributed by atoms with van der Waals surface area (Å²) in [6.07, 6.45) is 1.92. The number of anilines is 4. The van der Waals surface area contributed by atoms with Gasteiger partial charge in [0.2, 0.25) is 0 Å². The second-order valence-corrected chi connectivity index (χ2v) is 15.1. The third-order valence-corrected chi connectivity index (χ3v) is 10.8. The fraction of sp³-hybridized carbons (Fsp3) is 0.128. The highest BCUT2D eigenvalue weighted by molar-refractivity contribution is 6.12. The molecule has 0 atom stereocenters. The molecule has 1 aliphatic heterocycles. The van der Waals surface area contributed by atoms with Gasteiger partial charge in [0.25, 0.3) is 0 Å². The fourth-order valence-corrected chi connectivity index (χ4v) is 8.08. The highest BCUT2D eigenvalue weighted by Crippen LogP contribution is 2.48. The zero-order valence-corrected chi connectivity index (χ0v) is 30.3. The molecule has 0 aliphatic carbocycles. The van der Waals surface area contributed by atoms with Crippen LogP contribution in [0, 0.1) is 0 Å². The van der Waals surface area contributed by atoms with E-state index in [0.717, 1.165) is 39.7 Å². The van der Waals surface area contributed by atoms with E-state index in [1.807, 2.05) is 12.3 Å². The Bertz CT molecular complexity index is 2860. The Hall–Kier alpha value is -6.53. The summed E-state index contributed by atoms with van der Waals surface area (Å²) in [4.78, 5) is 9.65. The van der Waals surface area contributed by atoms with Crippen molar-refractivity contribution < 1.29 is 4.74 Å². The molecule has 0 spiro atoms. The lowest BCUT2D eigenvalue weighted by molar-refractivity contribution is 0.483. The van der Waals surface area contributed by atoms with Crippen LogP contribution in [0.3, 0.4) is 0 Å². The van der Waals surface area contributed by atoms with Crippen molar-refractivity contribution in [3.63, 3.8) is 0 Å². The van der Waals surface area contributed by atoms with Crippen LogP contribution in [-0.4, -0.2) is 20.8 Å². The molecule has 4 heterocycles. The Morgan fingerprint density at radius 3 is 2.00 bits per heavy atom. The summed E-state index contributed by atoms with van der Waals surface area (Å²) in [6, 6.07) is 51.7. The minimum Gasteiger partial charge on any atom is -0.457 e. The van der Waals surface area contributed by atoms with Crippen LogP contribution >= 0.6 is 0 Å². The summed E-state index contributed by atoms with van der Waals surface area (Å²) in [5.41, 5.74) is 10.5. The normalized spacial score (nSPS) is 13.1. The Balaban J connectivity index is 1.06. The average molecular weight is 690 g/mol. The number of aryl methyl sites for hydroxylation is 1. The molecule has 3 aromatic heterocycles. The second-order valence-electron chi connectivity index (χ2n) is 15.1. The number of aromatic nitrogens is 3. The number of hydrogen-bond acceptors (Lipinski definition) is 4. The molecule has 0 amide bonds. The van der Waals surface area contributed by atoms with Crippen LogP contribution in [0.1, 0.15) is 26.3 Å². The number of fused-ring (bicyclic) bond motifs is 7.